The molecular formula is C25H48N4. The summed E-state index contributed by atoms with van der Waals surface area (Å²) in [6.07, 6.45) is 20.4. The highest BCUT2D eigenvalue weighted by atomic mass is 14.9. The maximum Gasteiger partial charge on any atom is 0.0400 e. The number of rotatable bonds is 12. The summed E-state index contributed by atoms with van der Waals surface area (Å²) in [7, 11) is 1.81. The van der Waals surface area contributed by atoms with E-state index in [-0.39, 0.29) is 0 Å². The number of piperidine rings is 1. The van der Waals surface area contributed by atoms with Gasteiger partial charge in [0.2, 0.25) is 0 Å². The van der Waals surface area contributed by atoms with Crippen LogP contribution in [0.3, 0.4) is 0 Å². The van der Waals surface area contributed by atoms with Crippen molar-refractivity contribution in [1.82, 2.24) is 16.0 Å². The SMILES string of the molecule is C/C=C\CC1CCNCC1.C=CN=C(/C=C\C)CCCCNCCC.C=CNC. The second-order valence-electron chi connectivity index (χ2n) is 7.00. The molecule has 1 rings (SSSR count). The molecule has 0 aliphatic carbocycles. The topological polar surface area (TPSA) is 48.5 Å². The van der Waals surface area contributed by atoms with E-state index in [1.807, 2.05) is 20.0 Å². The minimum atomic E-state index is 0.956. The van der Waals surface area contributed by atoms with Crippen molar-refractivity contribution in [1.29, 1.82) is 0 Å². The van der Waals surface area contributed by atoms with Gasteiger partial charge in [-0.1, -0.05) is 38.3 Å². The quantitative estimate of drug-likeness (QED) is 0.225. The van der Waals surface area contributed by atoms with Crippen LogP contribution in [-0.2, 0) is 0 Å². The van der Waals surface area contributed by atoms with Crippen molar-refractivity contribution in [3.63, 3.8) is 0 Å². The van der Waals surface area contributed by atoms with Gasteiger partial charge in [0.25, 0.3) is 0 Å². The molecule has 29 heavy (non-hydrogen) atoms. The molecule has 0 saturated carbocycles. The van der Waals surface area contributed by atoms with Crippen LogP contribution in [0.4, 0.5) is 0 Å². The van der Waals surface area contributed by atoms with Gasteiger partial charge in [-0.2, -0.15) is 0 Å². The minimum Gasteiger partial charge on any atom is -0.394 e. The third-order valence-corrected chi connectivity index (χ3v) is 4.45. The molecule has 3 N–H and O–H groups in total. The average Bonchev–Trinajstić information content (AvgIpc) is 2.76. The van der Waals surface area contributed by atoms with E-state index in [9.17, 15) is 0 Å². The molecule has 1 fully saturated rings. The number of hydrogen-bond acceptors (Lipinski definition) is 4. The van der Waals surface area contributed by atoms with Crippen LogP contribution in [0.15, 0.2) is 54.9 Å². The maximum atomic E-state index is 4.22. The Kier molecular flexibility index (Phi) is 26.9. The molecule has 0 unspecified atom stereocenters. The second-order valence-corrected chi connectivity index (χ2v) is 7.00. The first-order valence-electron chi connectivity index (χ1n) is 11.3. The van der Waals surface area contributed by atoms with Crippen molar-refractivity contribution in [2.75, 3.05) is 33.2 Å². The second kappa shape index (κ2) is 26.4. The van der Waals surface area contributed by atoms with Gasteiger partial charge in [-0.05, 0) is 103 Å². The molecular weight excluding hydrogens is 356 g/mol. The van der Waals surface area contributed by atoms with Crippen molar-refractivity contribution in [2.24, 2.45) is 10.9 Å². The van der Waals surface area contributed by atoms with E-state index < -0.39 is 0 Å². The van der Waals surface area contributed by atoms with Crippen LogP contribution in [0.5, 0.6) is 0 Å². The summed E-state index contributed by atoms with van der Waals surface area (Å²) < 4.78 is 0. The molecule has 0 aromatic carbocycles. The zero-order chi connectivity index (χ0) is 22.0. The van der Waals surface area contributed by atoms with Gasteiger partial charge in [0, 0.05) is 19.0 Å². The summed E-state index contributed by atoms with van der Waals surface area (Å²) in [6, 6.07) is 0. The van der Waals surface area contributed by atoms with Gasteiger partial charge in [-0.25, -0.2) is 0 Å². The highest BCUT2D eigenvalue weighted by molar-refractivity contribution is 5.95. The van der Waals surface area contributed by atoms with E-state index in [1.165, 1.54) is 51.6 Å². The monoisotopic (exact) mass is 404 g/mol. The van der Waals surface area contributed by atoms with Crippen molar-refractivity contribution in [2.45, 2.75) is 65.7 Å². The molecule has 1 saturated heterocycles. The molecule has 0 aromatic heterocycles. The zero-order valence-corrected chi connectivity index (χ0v) is 19.7. The lowest BCUT2D eigenvalue weighted by atomic mass is 9.95. The van der Waals surface area contributed by atoms with E-state index in [2.05, 4.69) is 66.2 Å². The van der Waals surface area contributed by atoms with Crippen LogP contribution in [0.25, 0.3) is 0 Å². The van der Waals surface area contributed by atoms with Gasteiger partial charge < -0.3 is 16.0 Å². The van der Waals surface area contributed by atoms with E-state index >= 15 is 0 Å². The number of nitrogens with zero attached hydrogens (tertiary/aromatic N) is 1. The number of allylic oxidation sites excluding steroid dienone is 4. The van der Waals surface area contributed by atoms with Crippen LogP contribution in [0.2, 0.25) is 0 Å². The first-order valence-corrected chi connectivity index (χ1v) is 11.3. The number of hydrogen-bond donors (Lipinski definition) is 3. The number of unbranched alkanes of at least 4 members (excludes halogenated alkanes) is 1. The largest absolute Gasteiger partial charge is 0.394 e. The molecule has 0 spiro atoms. The number of nitrogens with one attached hydrogen (secondary N) is 3. The lowest BCUT2D eigenvalue weighted by molar-refractivity contribution is 0.377. The highest BCUT2D eigenvalue weighted by Crippen LogP contribution is 2.15. The van der Waals surface area contributed by atoms with Crippen LogP contribution in [0.1, 0.15) is 65.7 Å². The molecule has 4 heteroatoms. The standard InChI is InChI=1S/C13H24N2.C9H17N.C3H7N/c1-4-9-13(15-6-3)10-7-8-12-14-11-5-2;1-2-3-4-9-5-7-10-8-6-9;1-3-4-2/h4,6,9,14H,3,5,7-8,10-12H2,1-2H3;2-3,9-10H,4-8H2,1H3;3-4H,1H2,2H3/b9-4-,15-13?;3-2-;. The third kappa shape index (κ3) is 24.3. The lowest BCUT2D eigenvalue weighted by Crippen LogP contribution is -2.27. The predicted octanol–water partition coefficient (Wildman–Crippen LogP) is 5.62. The van der Waals surface area contributed by atoms with Gasteiger partial charge in [-0.3, -0.25) is 4.99 Å². The molecule has 0 amide bonds. The van der Waals surface area contributed by atoms with Crippen LogP contribution >= 0.6 is 0 Å². The molecule has 168 valence electrons. The normalized spacial score (nSPS) is 14.7. The average molecular weight is 405 g/mol. The Morgan fingerprint density at radius 3 is 2.31 bits per heavy atom. The fourth-order valence-electron chi connectivity index (χ4n) is 2.80. The molecule has 1 aliphatic heterocycles. The summed E-state index contributed by atoms with van der Waals surface area (Å²) in [5, 5.41) is 9.46. The minimum absolute atomic E-state index is 0.956. The summed E-state index contributed by atoms with van der Waals surface area (Å²) in [5.41, 5.74) is 1.13. The Hall–Kier alpha value is -1.65. The van der Waals surface area contributed by atoms with Gasteiger partial charge in [-0.15, -0.1) is 0 Å². The van der Waals surface area contributed by atoms with Crippen LogP contribution in [0, 0.1) is 5.92 Å². The fourth-order valence-corrected chi connectivity index (χ4v) is 2.80. The summed E-state index contributed by atoms with van der Waals surface area (Å²) in [4.78, 5) is 4.22. The van der Waals surface area contributed by atoms with E-state index in [1.54, 1.807) is 12.4 Å². The molecule has 4 nitrogen and oxygen atoms in total. The molecule has 0 aromatic rings. The van der Waals surface area contributed by atoms with Crippen molar-refractivity contribution in [3.05, 3.63) is 49.9 Å². The Labute approximate surface area is 181 Å². The van der Waals surface area contributed by atoms with Gasteiger partial charge in [0.15, 0.2) is 0 Å². The van der Waals surface area contributed by atoms with Gasteiger partial charge in [0.1, 0.15) is 0 Å². The van der Waals surface area contributed by atoms with E-state index in [4.69, 9.17) is 0 Å². The first kappa shape index (κ1) is 29.6. The number of aliphatic imine (C=N–C) groups is 1. The fraction of sp³-hybridized carbons (Fsp3) is 0.640. The summed E-state index contributed by atoms with van der Waals surface area (Å²) in [6.45, 7) is 18.0. The highest BCUT2D eigenvalue weighted by Gasteiger charge is 2.10. The Balaban J connectivity index is 0. The third-order valence-electron chi connectivity index (χ3n) is 4.45. The van der Waals surface area contributed by atoms with Crippen molar-refractivity contribution in [3.8, 4) is 0 Å². The lowest BCUT2D eigenvalue weighted by Gasteiger charge is -2.20. The Bertz CT molecular complexity index is 432. The predicted molar refractivity (Wildman–Crippen MR) is 134 cm³/mol. The Morgan fingerprint density at radius 1 is 1.10 bits per heavy atom. The molecule has 0 atom stereocenters. The van der Waals surface area contributed by atoms with Crippen LogP contribution in [-0.4, -0.2) is 38.9 Å². The molecule has 0 bridgehead atoms. The smallest absolute Gasteiger partial charge is 0.0400 e. The van der Waals surface area contributed by atoms with Crippen LogP contribution < -0.4 is 16.0 Å². The first-order chi connectivity index (χ1) is 14.2. The van der Waals surface area contributed by atoms with Gasteiger partial charge >= 0.3 is 0 Å². The van der Waals surface area contributed by atoms with E-state index in [0.29, 0.717) is 0 Å². The molecule has 0 radical (unpaired) electrons. The molecule has 1 heterocycles. The zero-order valence-electron chi connectivity index (χ0n) is 19.7. The van der Waals surface area contributed by atoms with E-state index in [0.717, 1.165) is 31.1 Å². The Morgan fingerprint density at radius 2 is 1.79 bits per heavy atom. The van der Waals surface area contributed by atoms with Crippen molar-refractivity contribution < 1.29 is 0 Å². The van der Waals surface area contributed by atoms with Gasteiger partial charge in [0.05, 0.1) is 0 Å². The maximum absolute atomic E-state index is 4.22. The molecule has 1 aliphatic rings. The summed E-state index contributed by atoms with van der Waals surface area (Å²) in [5.74, 6) is 0.956. The summed E-state index contributed by atoms with van der Waals surface area (Å²) >= 11 is 0. The van der Waals surface area contributed by atoms with Crippen molar-refractivity contribution >= 4 is 5.71 Å².